The van der Waals surface area contributed by atoms with Crippen LogP contribution in [0.3, 0.4) is 0 Å². The molecular weight excluding hydrogens is 691 g/mol. The molecule has 0 fully saturated rings. The maximum Gasteiger partial charge on any atom is 0.183 e. The number of hydrogen-bond acceptors (Lipinski definition) is 1. The van der Waals surface area contributed by atoms with Gasteiger partial charge in [0, 0.05) is 27.6 Å². The second-order valence-corrected chi connectivity index (χ2v) is 20.5. The first kappa shape index (κ1) is 33.1. The fraction of sp³-hybridized carbons (Fsp3) is 0.111. The summed E-state index contributed by atoms with van der Waals surface area (Å²) in [6.07, 6.45) is 0. The Balaban J connectivity index is 1.32. The fourth-order valence-electron chi connectivity index (χ4n) is 10.9. The Morgan fingerprint density at radius 2 is 0.732 bits per heavy atom. The molecule has 0 spiro atoms. The molecule has 3 aliphatic rings. The van der Waals surface area contributed by atoms with Crippen molar-refractivity contribution < 1.29 is 0 Å². The van der Waals surface area contributed by atoms with Crippen LogP contribution in [0.25, 0.3) is 33.4 Å². The number of rotatable bonds is 5. The van der Waals surface area contributed by atoms with Gasteiger partial charge in [-0.05, 0) is 83.5 Å². The fourth-order valence-corrected chi connectivity index (χ4v) is 16.3. The first-order valence-electron chi connectivity index (χ1n) is 20.0. The van der Waals surface area contributed by atoms with Crippen LogP contribution in [0.15, 0.2) is 188 Å². The molecule has 8 aromatic rings. The van der Waals surface area contributed by atoms with Gasteiger partial charge in [-0.15, -0.1) is 0 Å². The zero-order valence-electron chi connectivity index (χ0n) is 32.3. The second-order valence-electron chi connectivity index (χ2n) is 16.8. The van der Waals surface area contributed by atoms with Crippen LogP contribution in [0.4, 0.5) is 17.1 Å². The highest BCUT2D eigenvalue weighted by molar-refractivity contribution is 7.22. The molecule has 11 rings (SSSR count). The summed E-state index contributed by atoms with van der Waals surface area (Å²) in [5.41, 5.74) is 16.9. The van der Waals surface area contributed by atoms with Gasteiger partial charge in [-0.25, -0.2) is 0 Å². The molecule has 2 aliphatic carbocycles. The Morgan fingerprint density at radius 3 is 1.27 bits per heavy atom. The highest BCUT2D eigenvalue weighted by Crippen LogP contribution is 2.58. The maximum atomic E-state index is 2.69. The van der Waals surface area contributed by atoms with Crippen molar-refractivity contribution >= 4 is 45.9 Å². The molecule has 0 atom stereocenters. The molecule has 0 radical (unpaired) electrons. The van der Waals surface area contributed by atoms with Gasteiger partial charge in [-0.3, -0.25) is 0 Å². The SMILES string of the molecule is CC1(C)c2ccccc2-c2c(N(c3cccc4c3-c3ccccc3C4(C)C)c3cccc4c3[Si](c3ccccc3)(c3ccccc3)c3ccccc3-4)cccc21. The smallest absolute Gasteiger partial charge is 0.183 e. The van der Waals surface area contributed by atoms with Crippen molar-refractivity contribution in [2.45, 2.75) is 38.5 Å². The highest BCUT2D eigenvalue weighted by atomic mass is 28.3. The van der Waals surface area contributed by atoms with E-state index in [-0.39, 0.29) is 10.8 Å². The van der Waals surface area contributed by atoms with Crippen molar-refractivity contribution in [3.63, 3.8) is 0 Å². The first-order chi connectivity index (χ1) is 27.3. The summed E-state index contributed by atoms with van der Waals surface area (Å²) in [6.45, 7) is 9.57. The molecule has 0 N–H and O–H groups in total. The zero-order valence-corrected chi connectivity index (χ0v) is 33.3. The summed E-state index contributed by atoms with van der Waals surface area (Å²) in [7, 11) is -2.89. The number of anilines is 3. The van der Waals surface area contributed by atoms with Crippen LogP contribution in [0.1, 0.15) is 49.9 Å². The van der Waals surface area contributed by atoms with Crippen molar-refractivity contribution in [3.05, 3.63) is 210 Å². The summed E-state index contributed by atoms with van der Waals surface area (Å²) >= 11 is 0. The molecule has 0 saturated carbocycles. The molecule has 1 aliphatic heterocycles. The van der Waals surface area contributed by atoms with Gasteiger partial charge in [0.15, 0.2) is 8.07 Å². The van der Waals surface area contributed by atoms with E-state index < -0.39 is 8.07 Å². The van der Waals surface area contributed by atoms with E-state index in [0.717, 1.165) is 0 Å². The van der Waals surface area contributed by atoms with E-state index in [1.807, 2.05) is 0 Å². The highest BCUT2D eigenvalue weighted by Gasteiger charge is 2.51. The normalized spacial score (nSPS) is 15.6. The minimum atomic E-state index is -2.89. The van der Waals surface area contributed by atoms with Crippen LogP contribution in [0, 0.1) is 0 Å². The van der Waals surface area contributed by atoms with Gasteiger partial charge in [0.05, 0.1) is 11.4 Å². The summed E-state index contributed by atoms with van der Waals surface area (Å²) < 4.78 is 0. The molecule has 1 heterocycles. The van der Waals surface area contributed by atoms with Crippen LogP contribution in [0.5, 0.6) is 0 Å². The topological polar surface area (TPSA) is 3.24 Å². The van der Waals surface area contributed by atoms with Gasteiger partial charge in [0.25, 0.3) is 0 Å². The molecule has 2 heteroatoms. The third kappa shape index (κ3) is 4.25. The minimum Gasteiger partial charge on any atom is -0.309 e. The summed E-state index contributed by atoms with van der Waals surface area (Å²) in [6, 6.07) is 71.5. The standard InChI is InChI=1S/C54H43NSi/c1-53(2)42-28-14-11-25-40(42)50-44(53)30-18-32-46(50)55(47-33-19-31-45-51(47)41-26-12-15-29-43(41)54(45,3)4)48-34-17-27-39-38-24-13-16-35-49(38)56(52(39)48,36-20-7-5-8-21-36)37-22-9-6-10-23-37/h5-35H,1-4H3. The molecule has 0 aromatic heterocycles. The van der Waals surface area contributed by atoms with Gasteiger partial charge in [0.1, 0.15) is 0 Å². The Bertz CT molecular complexity index is 2720. The monoisotopic (exact) mass is 733 g/mol. The van der Waals surface area contributed by atoms with E-state index >= 15 is 0 Å². The van der Waals surface area contributed by atoms with Crippen LogP contribution in [0.2, 0.25) is 0 Å². The molecule has 0 unspecified atom stereocenters. The largest absolute Gasteiger partial charge is 0.309 e. The zero-order chi connectivity index (χ0) is 37.8. The lowest BCUT2D eigenvalue weighted by atomic mass is 9.82. The summed E-state index contributed by atoms with van der Waals surface area (Å²) in [5, 5.41) is 5.71. The van der Waals surface area contributed by atoms with E-state index in [1.165, 1.54) is 93.4 Å². The molecule has 0 saturated heterocycles. The number of nitrogens with zero attached hydrogens (tertiary/aromatic N) is 1. The van der Waals surface area contributed by atoms with E-state index in [2.05, 4.69) is 221 Å². The molecule has 1 nitrogen and oxygen atoms in total. The lowest BCUT2D eigenvalue weighted by molar-refractivity contribution is 0.660. The molecular formula is C54H43NSi. The second kappa shape index (κ2) is 11.9. The first-order valence-corrected chi connectivity index (χ1v) is 22.0. The van der Waals surface area contributed by atoms with Crippen molar-refractivity contribution in [2.75, 3.05) is 4.90 Å². The van der Waals surface area contributed by atoms with Crippen molar-refractivity contribution in [1.82, 2.24) is 0 Å². The summed E-state index contributed by atoms with van der Waals surface area (Å²) in [4.78, 5) is 2.69. The Kier molecular flexibility index (Phi) is 7.04. The lowest BCUT2D eigenvalue weighted by Gasteiger charge is -2.37. The predicted octanol–water partition coefficient (Wildman–Crippen LogP) is 11.1. The maximum absolute atomic E-state index is 2.89. The Labute approximate surface area is 331 Å². The number of benzene rings is 8. The van der Waals surface area contributed by atoms with Gasteiger partial charge in [0.2, 0.25) is 0 Å². The Morgan fingerprint density at radius 1 is 0.339 bits per heavy atom. The molecule has 56 heavy (non-hydrogen) atoms. The van der Waals surface area contributed by atoms with Crippen LogP contribution in [-0.2, 0) is 10.8 Å². The van der Waals surface area contributed by atoms with Crippen LogP contribution in [-0.4, -0.2) is 8.07 Å². The number of hydrogen-bond donors (Lipinski definition) is 0. The average molecular weight is 734 g/mol. The molecule has 0 bridgehead atoms. The van der Waals surface area contributed by atoms with E-state index in [1.54, 1.807) is 0 Å². The minimum absolute atomic E-state index is 0.137. The van der Waals surface area contributed by atoms with E-state index in [4.69, 9.17) is 0 Å². The van der Waals surface area contributed by atoms with Gasteiger partial charge >= 0.3 is 0 Å². The average Bonchev–Trinajstić information content (AvgIpc) is 3.78. The van der Waals surface area contributed by atoms with Crippen molar-refractivity contribution in [1.29, 1.82) is 0 Å². The van der Waals surface area contributed by atoms with E-state index in [0.29, 0.717) is 0 Å². The third-order valence-corrected chi connectivity index (χ3v) is 18.3. The van der Waals surface area contributed by atoms with Crippen LogP contribution < -0.4 is 25.6 Å². The third-order valence-electron chi connectivity index (χ3n) is 13.3. The number of fused-ring (bicyclic) bond motifs is 9. The Hall–Kier alpha value is -6.22. The van der Waals surface area contributed by atoms with Gasteiger partial charge in [-0.2, -0.15) is 0 Å². The van der Waals surface area contributed by atoms with Crippen molar-refractivity contribution in [3.8, 4) is 33.4 Å². The van der Waals surface area contributed by atoms with Gasteiger partial charge < -0.3 is 4.90 Å². The molecule has 268 valence electrons. The lowest BCUT2D eigenvalue weighted by Crippen LogP contribution is -2.73. The van der Waals surface area contributed by atoms with Crippen LogP contribution >= 0.6 is 0 Å². The van der Waals surface area contributed by atoms with Crippen molar-refractivity contribution in [2.24, 2.45) is 0 Å². The summed E-state index contributed by atoms with van der Waals surface area (Å²) in [5.74, 6) is 0. The van der Waals surface area contributed by atoms with E-state index in [9.17, 15) is 0 Å². The quantitative estimate of drug-likeness (QED) is 0.159. The molecule has 8 aromatic carbocycles. The molecule has 0 amide bonds. The predicted molar refractivity (Wildman–Crippen MR) is 239 cm³/mol. The van der Waals surface area contributed by atoms with Gasteiger partial charge in [-0.1, -0.05) is 198 Å².